The van der Waals surface area contributed by atoms with Crippen molar-refractivity contribution in [2.75, 3.05) is 20.2 Å². The molecule has 1 aromatic carbocycles. The first-order valence-corrected chi connectivity index (χ1v) is 11.5. The molecule has 1 aliphatic heterocycles. The Morgan fingerprint density at radius 2 is 2.16 bits per heavy atom. The highest BCUT2D eigenvalue weighted by Gasteiger charge is 2.54. The number of hydrogen-bond acceptors (Lipinski definition) is 5. The highest BCUT2D eigenvalue weighted by molar-refractivity contribution is 5.93. The van der Waals surface area contributed by atoms with E-state index < -0.39 is 0 Å². The summed E-state index contributed by atoms with van der Waals surface area (Å²) in [6.45, 7) is 2.48. The summed E-state index contributed by atoms with van der Waals surface area (Å²) in [5.74, 6) is 2.86. The third-order valence-corrected chi connectivity index (χ3v) is 7.57. The van der Waals surface area contributed by atoms with Gasteiger partial charge in [0.15, 0.2) is 0 Å². The van der Waals surface area contributed by atoms with Crippen LogP contribution in [0.5, 0.6) is 5.75 Å². The molecule has 2 aliphatic carbocycles. The van der Waals surface area contributed by atoms with Gasteiger partial charge < -0.3 is 14.2 Å². The molecule has 1 spiro atoms. The fraction of sp³-hybridized carbons (Fsp3) is 0.500. The second-order valence-corrected chi connectivity index (χ2v) is 9.64. The zero-order valence-corrected chi connectivity index (χ0v) is 18.3. The number of benzene rings is 1. The first kappa shape index (κ1) is 19.5. The number of amides is 1. The maximum atomic E-state index is 13.4. The Balaban J connectivity index is 1.23. The largest absolute Gasteiger partial charge is 0.497 e. The van der Waals surface area contributed by atoms with Crippen LogP contribution in [0.3, 0.4) is 0 Å². The number of nitrogens with one attached hydrogen (secondary N) is 1. The fourth-order valence-electron chi connectivity index (χ4n) is 5.40. The Kier molecular flexibility index (Phi) is 4.55. The number of likely N-dealkylation sites (tertiary alicyclic amines) is 1. The van der Waals surface area contributed by atoms with Crippen molar-refractivity contribution in [3.63, 3.8) is 0 Å². The van der Waals surface area contributed by atoms with E-state index in [0.29, 0.717) is 12.2 Å². The standard InChI is InChI=1S/C24H28N6O2/c1-32-18-5-2-4-17(10-18)20-11-21(27-26-20)23(31)29-13-19(24(14-29)8-3-9-24)22-28-25-15-30(22)12-16-6-7-16/h2,4-5,10-11,15-16,19H,3,6-9,12-14H2,1H3,(H,26,27). The topological polar surface area (TPSA) is 88.9 Å². The number of aromatic amines is 1. The van der Waals surface area contributed by atoms with Crippen LogP contribution < -0.4 is 4.74 Å². The van der Waals surface area contributed by atoms with Crippen LogP contribution in [0, 0.1) is 11.3 Å². The van der Waals surface area contributed by atoms with Crippen molar-refractivity contribution in [1.82, 2.24) is 29.9 Å². The van der Waals surface area contributed by atoms with Crippen molar-refractivity contribution in [3.05, 3.63) is 48.2 Å². The molecule has 8 heteroatoms. The second-order valence-electron chi connectivity index (χ2n) is 9.64. The number of nitrogens with zero attached hydrogens (tertiary/aromatic N) is 5. The smallest absolute Gasteiger partial charge is 0.271 e. The van der Waals surface area contributed by atoms with Crippen molar-refractivity contribution >= 4 is 5.91 Å². The van der Waals surface area contributed by atoms with Crippen molar-refractivity contribution in [2.45, 2.75) is 44.6 Å². The average molecular weight is 433 g/mol. The number of methoxy groups -OCH3 is 1. The molecule has 3 aliphatic rings. The summed E-state index contributed by atoms with van der Waals surface area (Å²) in [6.07, 6.45) is 7.99. The Bertz CT molecular complexity index is 1140. The minimum atomic E-state index is 0.00804. The number of H-pyrrole nitrogens is 1. The summed E-state index contributed by atoms with van der Waals surface area (Å²) in [5.41, 5.74) is 2.32. The number of carbonyl (C=O) groups excluding carboxylic acids is 1. The van der Waals surface area contributed by atoms with Crippen LogP contribution >= 0.6 is 0 Å². The van der Waals surface area contributed by atoms with E-state index in [1.807, 2.05) is 41.6 Å². The van der Waals surface area contributed by atoms with E-state index in [0.717, 1.165) is 54.7 Å². The van der Waals surface area contributed by atoms with Gasteiger partial charge in [-0.25, -0.2) is 0 Å². The molecule has 8 nitrogen and oxygen atoms in total. The van der Waals surface area contributed by atoms with E-state index in [1.54, 1.807) is 7.11 Å². The van der Waals surface area contributed by atoms with Crippen LogP contribution in [0.1, 0.15) is 54.3 Å². The van der Waals surface area contributed by atoms with Gasteiger partial charge in [-0.1, -0.05) is 18.6 Å². The summed E-state index contributed by atoms with van der Waals surface area (Å²) in [6, 6.07) is 9.55. The summed E-state index contributed by atoms with van der Waals surface area (Å²) >= 11 is 0. The summed E-state index contributed by atoms with van der Waals surface area (Å²) < 4.78 is 7.56. The predicted octanol–water partition coefficient (Wildman–Crippen LogP) is 3.50. The lowest BCUT2D eigenvalue weighted by atomic mass is 9.62. The van der Waals surface area contributed by atoms with Gasteiger partial charge in [0.1, 0.15) is 23.6 Å². The second kappa shape index (κ2) is 7.46. The average Bonchev–Trinajstić information content (AvgIpc) is 3.20. The van der Waals surface area contributed by atoms with Crippen molar-refractivity contribution < 1.29 is 9.53 Å². The van der Waals surface area contributed by atoms with Gasteiger partial charge in [0.2, 0.25) is 0 Å². The molecule has 0 bridgehead atoms. The Morgan fingerprint density at radius 3 is 2.91 bits per heavy atom. The summed E-state index contributed by atoms with van der Waals surface area (Å²) in [4.78, 5) is 15.4. The van der Waals surface area contributed by atoms with E-state index in [-0.39, 0.29) is 17.2 Å². The zero-order chi connectivity index (χ0) is 21.7. The van der Waals surface area contributed by atoms with Gasteiger partial charge in [0.25, 0.3) is 5.91 Å². The maximum Gasteiger partial charge on any atom is 0.271 e. The molecule has 1 atom stereocenters. The van der Waals surface area contributed by atoms with Gasteiger partial charge in [0.05, 0.1) is 12.8 Å². The number of ether oxygens (including phenoxy) is 1. The van der Waals surface area contributed by atoms with Gasteiger partial charge >= 0.3 is 0 Å². The Labute approximate surface area is 187 Å². The van der Waals surface area contributed by atoms with Crippen LogP contribution in [-0.2, 0) is 6.54 Å². The van der Waals surface area contributed by atoms with E-state index in [9.17, 15) is 4.79 Å². The molecule has 2 saturated carbocycles. The van der Waals surface area contributed by atoms with Gasteiger partial charge in [-0.15, -0.1) is 10.2 Å². The highest BCUT2D eigenvalue weighted by Crippen LogP contribution is 2.55. The molecule has 3 heterocycles. The van der Waals surface area contributed by atoms with Crippen molar-refractivity contribution in [3.8, 4) is 17.0 Å². The lowest BCUT2D eigenvalue weighted by Crippen LogP contribution is -2.38. The number of carbonyl (C=O) groups is 1. The highest BCUT2D eigenvalue weighted by atomic mass is 16.5. The van der Waals surface area contributed by atoms with Crippen LogP contribution in [0.4, 0.5) is 0 Å². The lowest BCUT2D eigenvalue weighted by molar-refractivity contribution is 0.0717. The van der Waals surface area contributed by atoms with Crippen molar-refractivity contribution in [2.24, 2.45) is 11.3 Å². The third kappa shape index (κ3) is 3.29. The zero-order valence-electron chi connectivity index (χ0n) is 18.3. The third-order valence-electron chi connectivity index (χ3n) is 7.57. The first-order valence-electron chi connectivity index (χ1n) is 11.5. The molecule has 32 heavy (non-hydrogen) atoms. The molecule has 1 amide bonds. The number of aromatic nitrogens is 5. The molecule has 166 valence electrons. The van der Waals surface area contributed by atoms with E-state index in [4.69, 9.17) is 4.74 Å². The molecule has 2 aromatic heterocycles. The molecule has 1 saturated heterocycles. The summed E-state index contributed by atoms with van der Waals surface area (Å²) in [7, 11) is 1.64. The van der Waals surface area contributed by atoms with Crippen LogP contribution in [0.2, 0.25) is 0 Å². The molecule has 3 aromatic rings. The van der Waals surface area contributed by atoms with E-state index in [2.05, 4.69) is 25.0 Å². The van der Waals surface area contributed by atoms with Crippen LogP contribution in [-0.4, -0.2) is 56.0 Å². The van der Waals surface area contributed by atoms with E-state index in [1.165, 1.54) is 19.3 Å². The van der Waals surface area contributed by atoms with Crippen LogP contribution in [0.15, 0.2) is 36.7 Å². The van der Waals surface area contributed by atoms with E-state index >= 15 is 0 Å². The molecule has 3 fully saturated rings. The Hall–Kier alpha value is -3.16. The molecule has 6 rings (SSSR count). The van der Waals surface area contributed by atoms with Gasteiger partial charge in [-0.2, -0.15) is 5.10 Å². The monoisotopic (exact) mass is 432 g/mol. The molecule has 0 radical (unpaired) electrons. The SMILES string of the molecule is COc1cccc(-c2cc(C(=O)N3CC(c4nncn4CC4CC4)C4(CCC4)C3)[nH]n2)c1. The lowest BCUT2D eigenvalue weighted by Gasteiger charge is -2.42. The fourth-order valence-corrected chi connectivity index (χ4v) is 5.40. The van der Waals surface area contributed by atoms with Gasteiger partial charge in [-0.05, 0) is 55.2 Å². The summed E-state index contributed by atoms with van der Waals surface area (Å²) in [5, 5.41) is 16.1. The molecular formula is C24H28N6O2. The normalized spacial score (nSPS) is 21.7. The number of rotatable bonds is 6. The number of hydrogen-bond donors (Lipinski definition) is 1. The van der Waals surface area contributed by atoms with Crippen molar-refractivity contribution in [1.29, 1.82) is 0 Å². The maximum absolute atomic E-state index is 13.4. The minimum absolute atomic E-state index is 0.00804. The predicted molar refractivity (Wildman–Crippen MR) is 118 cm³/mol. The molecule has 1 N–H and O–H groups in total. The molecular weight excluding hydrogens is 404 g/mol. The van der Waals surface area contributed by atoms with Crippen LogP contribution in [0.25, 0.3) is 11.3 Å². The quantitative estimate of drug-likeness (QED) is 0.644. The first-order chi connectivity index (χ1) is 15.6. The Morgan fingerprint density at radius 1 is 1.28 bits per heavy atom. The molecule has 1 unspecified atom stereocenters. The minimum Gasteiger partial charge on any atom is -0.497 e. The van der Waals surface area contributed by atoms with Gasteiger partial charge in [0, 0.05) is 31.1 Å². The van der Waals surface area contributed by atoms with Gasteiger partial charge in [-0.3, -0.25) is 9.89 Å².